The number of carbonyl (C=O) groups is 2. The maximum atomic E-state index is 13.3. The summed E-state index contributed by atoms with van der Waals surface area (Å²) in [5.74, 6) is -0.546. The van der Waals surface area contributed by atoms with E-state index < -0.39 is 21.8 Å². The zero-order valence-electron chi connectivity index (χ0n) is 15.4. The van der Waals surface area contributed by atoms with Gasteiger partial charge < -0.3 is 4.74 Å². The lowest BCUT2D eigenvalue weighted by Crippen LogP contribution is -2.51. The van der Waals surface area contributed by atoms with Gasteiger partial charge in [-0.3, -0.25) is 14.5 Å². The van der Waals surface area contributed by atoms with E-state index in [1.54, 1.807) is 28.8 Å². The molecule has 0 saturated carbocycles. The van der Waals surface area contributed by atoms with Crippen molar-refractivity contribution in [3.63, 3.8) is 0 Å². The minimum atomic E-state index is -0.699. The summed E-state index contributed by atoms with van der Waals surface area (Å²) in [7, 11) is 0. The van der Waals surface area contributed by atoms with Crippen LogP contribution in [0.4, 0.5) is 0 Å². The highest BCUT2D eigenvalue weighted by atomic mass is 32.2. The SMILES string of the molecule is CC(=O)OC1N(C(=O)c2ccccc2)C(C)(C)SC1(C)c1ccccc1. The number of benzene rings is 2. The van der Waals surface area contributed by atoms with E-state index >= 15 is 0 Å². The van der Waals surface area contributed by atoms with Crippen LogP contribution in [0.25, 0.3) is 0 Å². The van der Waals surface area contributed by atoms with Gasteiger partial charge in [0.25, 0.3) is 5.91 Å². The van der Waals surface area contributed by atoms with Crippen molar-refractivity contribution in [3.8, 4) is 0 Å². The van der Waals surface area contributed by atoms with Crippen LogP contribution in [-0.4, -0.2) is 27.9 Å². The topological polar surface area (TPSA) is 46.6 Å². The van der Waals surface area contributed by atoms with E-state index in [9.17, 15) is 9.59 Å². The average Bonchev–Trinajstić information content (AvgIpc) is 2.81. The van der Waals surface area contributed by atoms with E-state index in [4.69, 9.17) is 4.74 Å². The standard InChI is InChI=1S/C21H23NO3S/c1-15(23)25-19-21(4,17-13-9-6-10-14-17)26-20(2,3)22(19)18(24)16-11-7-5-8-12-16/h5-14,19H,1-4H3. The minimum absolute atomic E-state index is 0.144. The Balaban J connectivity index is 2.10. The van der Waals surface area contributed by atoms with E-state index in [1.165, 1.54) is 6.92 Å². The van der Waals surface area contributed by atoms with Crippen molar-refractivity contribution in [1.82, 2.24) is 4.90 Å². The summed E-state index contributed by atoms with van der Waals surface area (Å²) in [6.07, 6.45) is -0.699. The normalized spacial score (nSPS) is 24.3. The molecule has 1 saturated heterocycles. The molecule has 4 nitrogen and oxygen atoms in total. The van der Waals surface area contributed by atoms with Gasteiger partial charge in [-0.15, -0.1) is 11.8 Å². The van der Waals surface area contributed by atoms with Crippen molar-refractivity contribution >= 4 is 23.6 Å². The average molecular weight is 369 g/mol. The number of nitrogens with zero attached hydrogens (tertiary/aromatic N) is 1. The van der Waals surface area contributed by atoms with E-state index in [0.717, 1.165) is 5.56 Å². The summed E-state index contributed by atoms with van der Waals surface area (Å²) in [6.45, 7) is 7.39. The minimum Gasteiger partial charge on any atom is -0.440 e. The van der Waals surface area contributed by atoms with Crippen LogP contribution in [0.3, 0.4) is 0 Å². The number of thioether (sulfide) groups is 1. The lowest BCUT2D eigenvalue weighted by atomic mass is 9.96. The lowest BCUT2D eigenvalue weighted by Gasteiger charge is -2.36. The van der Waals surface area contributed by atoms with Crippen LogP contribution in [-0.2, 0) is 14.3 Å². The number of amides is 1. The van der Waals surface area contributed by atoms with Crippen LogP contribution >= 0.6 is 11.8 Å². The third-order valence-corrected chi connectivity index (χ3v) is 6.17. The van der Waals surface area contributed by atoms with Gasteiger partial charge >= 0.3 is 5.97 Å². The molecule has 2 aromatic carbocycles. The van der Waals surface area contributed by atoms with Crippen LogP contribution < -0.4 is 0 Å². The van der Waals surface area contributed by atoms with E-state index in [-0.39, 0.29) is 5.91 Å². The van der Waals surface area contributed by atoms with Crippen LogP contribution in [0.2, 0.25) is 0 Å². The molecular formula is C21H23NO3S. The number of hydrogen-bond acceptors (Lipinski definition) is 4. The fraction of sp³-hybridized carbons (Fsp3) is 0.333. The molecule has 0 bridgehead atoms. The highest BCUT2D eigenvalue weighted by Gasteiger charge is 2.58. The van der Waals surface area contributed by atoms with E-state index in [2.05, 4.69) is 0 Å². The molecule has 0 aromatic heterocycles. The maximum absolute atomic E-state index is 13.3. The molecule has 1 fully saturated rings. The molecule has 1 aliphatic heterocycles. The summed E-state index contributed by atoms with van der Waals surface area (Å²) in [5, 5.41) is 0. The Morgan fingerprint density at radius 1 is 0.962 bits per heavy atom. The number of rotatable bonds is 3. The Kier molecular flexibility index (Phi) is 4.84. The number of ether oxygens (including phenoxy) is 1. The highest BCUT2D eigenvalue weighted by Crippen LogP contribution is 2.57. The monoisotopic (exact) mass is 369 g/mol. The van der Waals surface area contributed by atoms with Gasteiger partial charge in [0.15, 0.2) is 6.23 Å². The van der Waals surface area contributed by atoms with Crippen molar-refractivity contribution in [2.45, 2.75) is 43.5 Å². The predicted molar refractivity (Wildman–Crippen MR) is 104 cm³/mol. The van der Waals surface area contributed by atoms with Crippen LogP contribution in [0.1, 0.15) is 43.6 Å². The van der Waals surface area contributed by atoms with Crippen LogP contribution in [0.15, 0.2) is 60.7 Å². The molecule has 0 aliphatic carbocycles. The van der Waals surface area contributed by atoms with Crippen molar-refractivity contribution < 1.29 is 14.3 Å². The fourth-order valence-corrected chi connectivity index (χ4v) is 5.33. The third-order valence-electron chi connectivity index (χ3n) is 4.61. The Bertz CT molecular complexity index is 807. The first-order chi connectivity index (χ1) is 12.3. The molecule has 0 N–H and O–H groups in total. The molecule has 1 aliphatic rings. The second-order valence-corrected chi connectivity index (χ2v) is 9.08. The summed E-state index contributed by atoms with van der Waals surface area (Å²) in [6, 6.07) is 19.0. The van der Waals surface area contributed by atoms with Crippen molar-refractivity contribution in [2.24, 2.45) is 0 Å². The molecular weight excluding hydrogens is 346 g/mol. The molecule has 3 rings (SSSR count). The second-order valence-electron chi connectivity index (χ2n) is 7.02. The molecule has 1 heterocycles. The smallest absolute Gasteiger partial charge is 0.304 e. The summed E-state index contributed by atoms with van der Waals surface area (Å²) in [5.41, 5.74) is 1.60. The van der Waals surface area contributed by atoms with Gasteiger partial charge in [-0.1, -0.05) is 48.5 Å². The molecule has 2 unspecified atom stereocenters. The van der Waals surface area contributed by atoms with E-state index in [0.29, 0.717) is 5.56 Å². The first-order valence-corrected chi connectivity index (χ1v) is 9.39. The summed E-state index contributed by atoms with van der Waals surface area (Å²) in [4.78, 5) is 26.3. The van der Waals surface area contributed by atoms with Crippen molar-refractivity contribution in [2.75, 3.05) is 0 Å². The molecule has 5 heteroatoms. The van der Waals surface area contributed by atoms with Crippen LogP contribution in [0.5, 0.6) is 0 Å². The molecule has 1 amide bonds. The number of esters is 1. The quantitative estimate of drug-likeness (QED) is 0.752. The van der Waals surface area contributed by atoms with Gasteiger partial charge in [-0.05, 0) is 38.5 Å². The summed E-state index contributed by atoms with van der Waals surface area (Å²) >= 11 is 1.63. The van der Waals surface area contributed by atoms with E-state index in [1.807, 2.05) is 69.3 Å². The zero-order chi connectivity index (χ0) is 18.9. The van der Waals surface area contributed by atoms with Gasteiger partial charge in [0, 0.05) is 12.5 Å². The first-order valence-electron chi connectivity index (χ1n) is 8.57. The molecule has 2 aromatic rings. The van der Waals surface area contributed by atoms with Crippen molar-refractivity contribution in [1.29, 1.82) is 0 Å². The predicted octanol–water partition coefficient (Wildman–Crippen LogP) is 4.42. The molecule has 26 heavy (non-hydrogen) atoms. The highest BCUT2D eigenvalue weighted by molar-refractivity contribution is 8.01. The zero-order valence-corrected chi connectivity index (χ0v) is 16.2. The molecule has 0 radical (unpaired) electrons. The summed E-state index contributed by atoms with van der Waals surface area (Å²) < 4.78 is 5.15. The third kappa shape index (κ3) is 3.23. The van der Waals surface area contributed by atoms with Gasteiger partial charge in [-0.2, -0.15) is 0 Å². The molecule has 136 valence electrons. The second kappa shape index (κ2) is 6.80. The fourth-order valence-electron chi connectivity index (χ4n) is 3.51. The molecule has 0 spiro atoms. The largest absolute Gasteiger partial charge is 0.440 e. The Morgan fingerprint density at radius 3 is 2.04 bits per heavy atom. The van der Waals surface area contributed by atoms with Gasteiger partial charge in [-0.25, -0.2) is 0 Å². The lowest BCUT2D eigenvalue weighted by molar-refractivity contribution is -0.157. The first kappa shape index (κ1) is 18.5. The van der Waals surface area contributed by atoms with Gasteiger partial charge in [0.2, 0.25) is 0 Å². The Hall–Kier alpha value is -2.27. The van der Waals surface area contributed by atoms with Crippen LogP contribution in [0, 0.1) is 0 Å². The maximum Gasteiger partial charge on any atom is 0.304 e. The molecule has 2 atom stereocenters. The Labute approximate surface area is 158 Å². The van der Waals surface area contributed by atoms with Crippen molar-refractivity contribution in [3.05, 3.63) is 71.8 Å². The number of carbonyl (C=O) groups excluding carboxylic acids is 2. The van der Waals surface area contributed by atoms with Gasteiger partial charge in [0.05, 0.1) is 9.62 Å². The number of hydrogen-bond donors (Lipinski definition) is 0. The van der Waals surface area contributed by atoms with Gasteiger partial charge in [0.1, 0.15) is 0 Å². The Morgan fingerprint density at radius 2 is 1.50 bits per heavy atom.